The second-order valence-corrected chi connectivity index (χ2v) is 6.97. The number of hydrogen-bond donors (Lipinski definition) is 1. The summed E-state index contributed by atoms with van der Waals surface area (Å²) >= 11 is 3.47. The Morgan fingerprint density at radius 3 is 2.59 bits per heavy atom. The van der Waals surface area contributed by atoms with E-state index in [1.807, 2.05) is 0 Å². The first-order valence-electron chi connectivity index (χ1n) is 8.68. The van der Waals surface area contributed by atoms with E-state index < -0.39 is 0 Å². The highest BCUT2D eigenvalue weighted by Gasteiger charge is 2.17. The third-order valence-corrected chi connectivity index (χ3v) is 4.90. The minimum atomic E-state index is -0.228. The highest BCUT2D eigenvalue weighted by Crippen LogP contribution is 2.31. The van der Waals surface area contributed by atoms with Gasteiger partial charge in [-0.1, -0.05) is 0 Å². The summed E-state index contributed by atoms with van der Waals surface area (Å²) in [5, 5.41) is 2.85. The fraction of sp³-hybridized carbons (Fsp3) is 0.350. The van der Waals surface area contributed by atoms with Crippen LogP contribution in [0.2, 0.25) is 0 Å². The van der Waals surface area contributed by atoms with E-state index in [4.69, 9.17) is 18.9 Å². The first-order chi connectivity index (χ1) is 13.1. The third-order valence-electron chi connectivity index (χ3n) is 4.28. The molecule has 0 radical (unpaired) electrons. The second-order valence-electron chi connectivity index (χ2n) is 6.12. The van der Waals surface area contributed by atoms with Gasteiger partial charge in [-0.25, -0.2) is 0 Å². The molecule has 0 aliphatic carbocycles. The number of carbonyl (C=O) groups is 1. The van der Waals surface area contributed by atoms with Crippen molar-refractivity contribution >= 4 is 27.5 Å². The summed E-state index contributed by atoms with van der Waals surface area (Å²) in [6, 6.07) is 10.5. The van der Waals surface area contributed by atoms with Crippen molar-refractivity contribution in [2.24, 2.45) is 0 Å². The van der Waals surface area contributed by atoms with E-state index in [9.17, 15) is 4.79 Å². The van der Waals surface area contributed by atoms with E-state index in [0.717, 1.165) is 23.9 Å². The number of nitrogens with one attached hydrogen (secondary N) is 1. The average Bonchev–Trinajstić information content (AvgIpc) is 3.20. The molecule has 1 heterocycles. The summed E-state index contributed by atoms with van der Waals surface area (Å²) in [6.07, 6.45) is 2.23. The van der Waals surface area contributed by atoms with Gasteiger partial charge in [-0.15, -0.1) is 0 Å². The van der Waals surface area contributed by atoms with E-state index in [-0.39, 0.29) is 12.0 Å². The zero-order valence-corrected chi connectivity index (χ0v) is 16.9. The van der Waals surface area contributed by atoms with Crippen LogP contribution in [-0.4, -0.2) is 39.4 Å². The first kappa shape index (κ1) is 19.5. The van der Waals surface area contributed by atoms with Crippen LogP contribution in [0.4, 0.5) is 5.69 Å². The largest absolute Gasteiger partial charge is 0.493 e. The van der Waals surface area contributed by atoms with Gasteiger partial charge >= 0.3 is 0 Å². The minimum Gasteiger partial charge on any atom is -0.493 e. The van der Waals surface area contributed by atoms with Crippen LogP contribution in [0.5, 0.6) is 17.2 Å². The fourth-order valence-corrected chi connectivity index (χ4v) is 3.33. The third kappa shape index (κ3) is 4.93. The second kappa shape index (κ2) is 9.10. The van der Waals surface area contributed by atoms with Crippen LogP contribution in [0.1, 0.15) is 23.2 Å². The van der Waals surface area contributed by atoms with Gasteiger partial charge in [0.1, 0.15) is 12.4 Å². The number of anilines is 1. The Bertz CT molecular complexity index is 805. The summed E-state index contributed by atoms with van der Waals surface area (Å²) in [7, 11) is 3.12. The monoisotopic (exact) mass is 435 g/mol. The summed E-state index contributed by atoms with van der Waals surface area (Å²) in [6.45, 7) is 1.31. The Morgan fingerprint density at radius 2 is 1.93 bits per heavy atom. The predicted octanol–water partition coefficient (Wildman–Crippen LogP) is 4.28. The Morgan fingerprint density at radius 1 is 1.15 bits per heavy atom. The summed E-state index contributed by atoms with van der Waals surface area (Å²) < 4.78 is 22.5. The van der Waals surface area contributed by atoms with Crippen LogP contribution >= 0.6 is 15.9 Å². The molecule has 0 aromatic heterocycles. The maximum absolute atomic E-state index is 12.5. The minimum absolute atomic E-state index is 0.143. The van der Waals surface area contributed by atoms with E-state index in [1.54, 1.807) is 50.6 Å². The fourth-order valence-electron chi connectivity index (χ4n) is 2.83. The van der Waals surface area contributed by atoms with Crippen molar-refractivity contribution < 1.29 is 23.7 Å². The summed E-state index contributed by atoms with van der Waals surface area (Å²) in [4.78, 5) is 12.5. The van der Waals surface area contributed by atoms with Gasteiger partial charge in [-0.2, -0.15) is 0 Å². The van der Waals surface area contributed by atoms with Gasteiger partial charge in [0.2, 0.25) is 0 Å². The van der Waals surface area contributed by atoms with Crippen molar-refractivity contribution in [2.75, 3.05) is 32.8 Å². The van der Waals surface area contributed by atoms with Gasteiger partial charge in [-0.3, -0.25) is 4.79 Å². The van der Waals surface area contributed by atoms with Gasteiger partial charge in [0, 0.05) is 23.9 Å². The number of amides is 1. The number of methoxy groups -OCH3 is 2. The lowest BCUT2D eigenvalue weighted by Crippen LogP contribution is -2.16. The molecule has 1 aliphatic rings. The number of carbonyl (C=O) groups excluding carboxylic acids is 1. The van der Waals surface area contributed by atoms with Crippen LogP contribution < -0.4 is 19.5 Å². The smallest absolute Gasteiger partial charge is 0.255 e. The van der Waals surface area contributed by atoms with Crippen LogP contribution in [0, 0.1) is 0 Å². The van der Waals surface area contributed by atoms with E-state index in [1.165, 1.54) is 0 Å². The van der Waals surface area contributed by atoms with Gasteiger partial charge in [0.25, 0.3) is 5.91 Å². The van der Waals surface area contributed by atoms with Crippen molar-refractivity contribution in [3.8, 4) is 17.2 Å². The molecular formula is C20H22BrNO5. The molecule has 2 aromatic carbocycles. The highest BCUT2D eigenvalue weighted by molar-refractivity contribution is 9.10. The van der Waals surface area contributed by atoms with Crippen molar-refractivity contribution in [1.82, 2.24) is 0 Å². The lowest BCUT2D eigenvalue weighted by Gasteiger charge is -2.14. The molecule has 1 saturated heterocycles. The topological polar surface area (TPSA) is 66.0 Å². The number of ether oxygens (including phenoxy) is 4. The summed E-state index contributed by atoms with van der Waals surface area (Å²) in [5.74, 6) is 1.61. The molecule has 2 aromatic rings. The number of halogens is 1. The standard InChI is InChI=1S/C20H22BrNO5/c1-24-18-8-6-14(11-19(18)25-2)22-20(23)13-5-7-17(16(21)10-13)27-12-15-4-3-9-26-15/h5-8,10-11,15H,3-4,9,12H2,1-2H3,(H,22,23). The van der Waals surface area contributed by atoms with Crippen LogP contribution in [0.3, 0.4) is 0 Å². The Hall–Kier alpha value is -2.25. The molecule has 1 N–H and O–H groups in total. The van der Waals surface area contributed by atoms with Gasteiger partial charge in [-0.05, 0) is 59.1 Å². The molecular weight excluding hydrogens is 414 g/mol. The molecule has 7 heteroatoms. The highest BCUT2D eigenvalue weighted by atomic mass is 79.9. The number of benzene rings is 2. The Balaban J connectivity index is 1.65. The quantitative estimate of drug-likeness (QED) is 0.702. The SMILES string of the molecule is COc1ccc(NC(=O)c2ccc(OCC3CCCO3)c(Br)c2)cc1OC. The van der Waals surface area contributed by atoms with Crippen LogP contribution in [0.15, 0.2) is 40.9 Å². The Labute approximate surface area is 166 Å². The molecule has 27 heavy (non-hydrogen) atoms. The predicted molar refractivity (Wildman–Crippen MR) is 106 cm³/mol. The lowest BCUT2D eigenvalue weighted by atomic mass is 10.2. The lowest BCUT2D eigenvalue weighted by molar-refractivity contribution is 0.0677. The molecule has 0 spiro atoms. The van der Waals surface area contributed by atoms with E-state index in [0.29, 0.717) is 35.1 Å². The molecule has 0 saturated carbocycles. The molecule has 1 aliphatic heterocycles. The van der Waals surface area contributed by atoms with Crippen molar-refractivity contribution in [3.63, 3.8) is 0 Å². The van der Waals surface area contributed by atoms with Crippen LogP contribution in [0.25, 0.3) is 0 Å². The Kier molecular flexibility index (Phi) is 6.58. The van der Waals surface area contributed by atoms with Gasteiger partial charge < -0.3 is 24.3 Å². The van der Waals surface area contributed by atoms with E-state index in [2.05, 4.69) is 21.2 Å². The van der Waals surface area contributed by atoms with Crippen LogP contribution in [-0.2, 0) is 4.74 Å². The molecule has 6 nitrogen and oxygen atoms in total. The summed E-state index contributed by atoms with van der Waals surface area (Å²) in [5.41, 5.74) is 1.13. The first-order valence-corrected chi connectivity index (χ1v) is 9.47. The van der Waals surface area contributed by atoms with Crippen molar-refractivity contribution in [3.05, 3.63) is 46.4 Å². The maximum atomic E-state index is 12.5. The zero-order chi connectivity index (χ0) is 19.2. The van der Waals surface area contributed by atoms with Crippen molar-refractivity contribution in [2.45, 2.75) is 18.9 Å². The average molecular weight is 436 g/mol. The molecule has 3 rings (SSSR count). The van der Waals surface area contributed by atoms with Gasteiger partial charge in [0.15, 0.2) is 11.5 Å². The number of hydrogen-bond acceptors (Lipinski definition) is 5. The van der Waals surface area contributed by atoms with Crippen molar-refractivity contribution in [1.29, 1.82) is 0 Å². The number of rotatable bonds is 7. The molecule has 0 bridgehead atoms. The molecule has 1 amide bonds. The molecule has 1 atom stereocenters. The zero-order valence-electron chi connectivity index (χ0n) is 15.3. The molecule has 144 valence electrons. The molecule has 1 fully saturated rings. The van der Waals surface area contributed by atoms with E-state index >= 15 is 0 Å². The molecule has 1 unspecified atom stereocenters. The van der Waals surface area contributed by atoms with Gasteiger partial charge in [0.05, 0.1) is 24.8 Å². The normalized spacial score (nSPS) is 16.0. The maximum Gasteiger partial charge on any atom is 0.255 e.